The van der Waals surface area contributed by atoms with Crippen molar-refractivity contribution in [3.05, 3.63) is 35.9 Å². The van der Waals surface area contributed by atoms with Crippen LogP contribution >= 0.6 is 0 Å². The monoisotopic (exact) mass is 262 g/mol. The smallest absolute Gasteiger partial charge is 0.228 e. The van der Waals surface area contributed by atoms with Gasteiger partial charge in [-0.15, -0.1) is 0 Å². The summed E-state index contributed by atoms with van der Waals surface area (Å²) in [5, 5.41) is 12.4. The van der Waals surface area contributed by atoms with Crippen molar-refractivity contribution in [2.45, 2.75) is 38.3 Å². The molecule has 1 aliphatic carbocycles. The molecule has 104 valence electrons. The third-order valence-corrected chi connectivity index (χ3v) is 4.24. The first-order valence-electron chi connectivity index (χ1n) is 6.80. The van der Waals surface area contributed by atoms with Gasteiger partial charge in [0, 0.05) is 6.04 Å². The molecule has 0 aromatic heterocycles. The SMILES string of the molecule is CC1(C(=O)NC(CO)c2ccccc2)CCCC1N. The summed E-state index contributed by atoms with van der Waals surface area (Å²) in [6.45, 7) is 1.81. The summed E-state index contributed by atoms with van der Waals surface area (Å²) >= 11 is 0. The molecule has 1 amide bonds. The van der Waals surface area contributed by atoms with E-state index in [1.165, 1.54) is 0 Å². The maximum atomic E-state index is 12.4. The summed E-state index contributed by atoms with van der Waals surface area (Å²) in [5.74, 6) is -0.0552. The minimum Gasteiger partial charge on any atom is -0.394 e. The van der Waals surface area contributed by atoms with Crippen molar-refractivity contribution in [2.75, 3.05) is 6.61 Å². The fourth-order valence-corrected chi connectivity index (χ4v) is 2.72. The first-order valence-corrected chi connectivity index (χ1v) is 6.80. The van der Waals surface area contributed by atoms with Crippen LogP contribution in [0.1, 0.15) is 37.8 Å². The predicted molar refractivity (Wildman–Crippen MR) is 74.3 cm³/mol. The molecule has 4 heteroatoms. The lowest BCUT2D eigenvalue weighted by Gasteiger charge is -2.30. The highest BCUT2D eigenvalue weighted by atomic mass is 16.3. The molecule has 4 N–H and O–H groups in total. The Bertz CT molecular complexity index is 435. The van der Waals surface area contributed by atoms with Gasteiger partial charge < -0.3 is 16.2 Å². The van der Waals surface area contributed by atoms with E-state index >= 15 is 0 Å². The highest BCUT2D eigenvalue weighted by Crippen LogP contribution is 2.37. The molecule has 0 saturated heterocycles. The van der Waals surface area contributed by atoms with Gasteiger partial charge in [0.2, 0.25) is 5.91 Å². The van der Waals surface area contributed by atoms with Crippen LogP contribution in [-0.2, 0) is 4.79 Å². The van der Waals surface area contributed by atoms with Crippen molar-refractivity contribution >= 4 is 5.91 Å². The molecule has 3 atom stereocenters. The van der Waals surface area contributed by atoms with E-state index in [4.69, 9.17) is 5.73 Å². The van der Waals surface area contributed by atoms with Crippen molar-refractivity contribution in [2.24, 2.45) is 11.1 Å². The summed E-state index contributed by atoms with van der Waals surface area (Å²) in [5.41, 5.74) is 6.45. The Morgan fingerprint density at radius 1 is 1.53 bits per heavy atom. The number of hydrogen-bond donors (Lipinski definition) is 3. The molecule has 3 unspecified atom stereocenters. The average Bonchev–Trinajstić information content (AvgIpc) is 2.78. The molecule has 2 rings (SSSR count). The Morgan fingerprint density at radius 2 is 2.21 bits per heavy atom. The number of aliphatic hydroxyl groups excluding tert-OH is 1. The highest BCUT2D eigenvalue weighted by Gasteiger charge is 2.43. The van der Waals surface area contributed by atoms with E-state index in [0.29, 0.717) is 0 Å². The average molecular weight is 262 g/mol. The predicted octanol–water partition coefficient (Wildman–Crippen LogP) is 1.35. The molecule has 4 nitrogen and oxygen atoms in total. The van der Waals surface area contributed by atoms with Crippen molar-refractivity contribution in [3.8, 4) is 0 Å². The normalized spacial score (nSPS) is 28.1. The highest BCUT2D eigenvalue weighted by molar-refractivity contribution is 5.83. The second-order valence-corrected chi connectivity index (χ2v) is 5.54. The molecular weight excluding hydrogens is 240 g/mol. The summed E-state index contributed by atoms with van der Waals surface area (Å²) in [6.07, 6.45) is 2.69. The second kappa shape index (κ2) is 5.72. The lowest BCUT2D eigenvalue weighted by Crippen LogP contribution is -2.48. The van der Waals surface area contributed by atoms with Crippen molar-refractivity contribution in [3.63, 3.8) is 0 Å². The van der Waals surface area contributed by atoms with Crippen LogP contribution in [-0.4, -0.2) is 23.7 Å². The van der Waals surface area contributed by atoms with E-state index < -0.39 is 5.41 Å². The molecule has 0 bridgehead atoms. The van der Waals surface area contributed by atoms with E-state index in [9.17, 15) is 9.90 Å². The summed E-state index contributed by atoms with van der Waals surface area (Å²) in [6, 6.07) is 9.05. The summed E-state index contributed by atoms with van der Waals surface area (Å²) in [4.78, 5) is 12.4. The van der Waals surface area contributed by atoms with Gasteiger partial charge in [-0.25, -0.2) is 0 Å². The first kappa shape index (κ1) is 14.0. The number of amides is 1. The lowest BCUT2D eigenvalue weighted by molar-refractivity contribution is -0.131. The molecule has 0 radical (unpaired) electrons. The number of carbonyl (C=O) groups excluding carboxylic acids is 1. The summed E-state index contributed by atoms with van der Waals surface area (Å²) < 4.78 is 0. The van der Waals surface area contributed by atoms with Gasteiger partial charge in [0.1, 0.15) is 0 Å². The molecule has 1 fully saturated rings. The zero-order valence-corrected chi connectivity index (χ0v) is 11.3. The number of benzene rings is 1. The van der Waals surface area contributed by atoms with Crippen LogP contribution in [0.3, 0.4) is 0 Å². The van der Waals surface area contributed by atoms with Crippen LogP contribution in [0.4, 0.5) is 0 Å². The summed E-state index contributed by atoms with van der Waals surface area (Å²) in [7, 11) is 0. The van der Waals surface area contributed by atoms with Crippen molar-refractivity contribution < 1.29 is 9.90 Å². The van der Waals surface area contributed by atoms with Gasteiger partial charge in [-0.2, -0.15) is 0 Å². The lowest BCUT2D eigenvalue weighted by atomic mass is 9.84. The van der Waals surface area contributed by atoms with E-state index in [2.05, 4.69) is 5.32 Å². The molecule has 1 aromatic carbocycles. The maximum Gasteiger partial charge on any atom is 0.228 e. The Hall–Kier alpha value is -1.39. The van der Waals surface area contributed by atoms with Gasteiger partial charge in [-0.05, 0) is 25.3 Å². The first-order chi connectivity index (χ1) is 9.08. The van der Waals surface area contributed by atoms with Crippen LogP contribution in [0, 0.1) is 5.41 Å². The number of nitrogens with one attached hydrogen (secondary N) is 1. The van der Waals surface area contributed by atoms with Crippen LogP contribution in [0.15, 0.2) is 30.3 Å². The van der Waals surface area contributed by atoms with Gasteiger partial charge in [-0.3, -0.25) is 4.79 Å². The number of nitrogens with two attached hydrogens (primary N) is 1. The van der Waals surface area contributed by atoms with E-state index in [1.54, 1.807) is 0 Å². The number of hydrogen-bond acceptors (Lipinski definition) is 3. The standard InChI is InChI=1S/C15H22N2O2/c1-15(9-5-8-13(15)16)14(19)17-12(10-18)11-6-3-2-4-7-11/h2-4,6-7,12-13,18H,5,8-10,16H2,1H3,(H,17,19). The van der Waals surface area contributed by atoms with Crippen LogP contribution in [0.2, 0.25) is 0 Å². The number of aliphatic hydroxyl groups is 1. The molecular formula is C15H22N2O2. The minimum absolute atomic E-state index is 0.0552. The Kier molecular flexibility index (Phi) is 4.22. The molecule has 1 saturated carbocycles. The van der Waals surface area contributed by atoms with E-state index in [0.717, 1.165) is 24.8 Å². The van der Waals surface area contributed by atoms with Gasteiger partial charge in [0.05, 0.1) is 18.1 Å². The topological polar surface area (TPSA) is 75.3 Å². The van der Waals surface area contributed by atoms with Crippen molar-refractivity contribution in [1.29, 1.82) is 0 Å². The molecule has 0 spiro atoms. The van der Waals surface area contributed by atoms with E-state index in [-0.39, 0.29) is 24.6 Å². The Labute approximate surface area is 114 Å². The van der Waals surface area contributed by atoms with Gasteiger partial charge in [0.25, 0.3) is 0 Å². The number of carbonyl (C=O) groups is 1. The zero-order valence-electron chi connectivity index (χ0n) is 11.3. The van der Waals surface area contributed by atoms with Gasteiger partial charge in [-0.1, -0.05) is 36.8 Å². The molecule has 0 aliphatic heterocycles. The zero-order chi connectivity index (χ0) is 13.9. The van der Waals surface area contributed by atoms with Gasteiger partial charge in [0.15, 0.2) is 0 Å². The van der Waals surface area contributed by atoms with E-state index in [1.807, 2.05) is 37.3 Å². The molecule has 1 aliphatic rings. The maximum absolute atomic E-state index is 12.4. The molecule has 0 heterocycles. The molecule has 19 heavy (non-hydrogen) atoms. The Balaban J connectivity index is 2.09. The fourth-order valence-electron chi connectivity index (χ4n) is 2.72. The van der Waals surface area contributed by atoms with Gasteiger partial charge >= 0.3 is 0 Å². The Morgan fingerprint density at radius 3 is 2.74 bits per heavy atom. The second-order valence-electron chi connectivity index (χ2n) is 5.54. The third kappa shape index (κ3) is 2.80. The number of rotatable bonds is 4. The third-order valence-electron chi connectivity index (χ3n) is 4.24. The van der Waals surface area contributed by atoms with Crippen LogP contribution in [0.25, 0.3) is 0 Å². The van der Waals surface area contributed by atoms with Crippen molar-refractivity contribution in [1.82, 2.24) is 5.32 Å². The molecule has 1 aromatic rings. The largest absolute Gasteiger partial charge is 0.394 e. The van der Waals surface area contributed by atoms with Crippen LogP contribution < -0.4 is 11.1 Å². The minimum atomic E-state index is -0.512. The quantitative estimate of drug-likeness (QED) is 0.766. The fraction of sp³-hybridized carbons (Fsp3) is 0.533. The van der Waals surface area contributed by atoms with Crippen LogP contribution in [0.5, 0.6) is 0 Å².